The first-order valence-corrected chi connectivity index (χ1v) is 14.1. The summed E-state index contributed by atoms with van der Waals surface area (Å²) >= 11 is 0. The maximum Gasteiger partial charge on any atom is 0.414 e. The molecule has 2 saturated heterocycles. The minimum absolute atomic E-state index is 0.0611. The number of hydrogen-bond donors (Lipinski definition) is 3. The lowest BCUT2D eigenvalue weighted by atomic mass is 10.0. The number of carbonyl (C=O) groups is 4. The lowest BCUT2D eigenvalue weighted by Crippen LogP contribution is -2.55. The molecule has 5 rings (SSSR count). The van der Waals surface area contributed by atoms with Gasteiger partial charge < -0.3 is 30.3 Å². The topological polar surface area (TPSA) is 162 Å². The van der Waals surface area contributed by atoms with E-state index in [1.807, 2.05) is 13.8 Å². The molecule has 0 bridgehead atoms. The molecule has 0 aliphatic carbocycles. The molecule has 16 heteroatoms. The van der Waals surface area contributed by atoms with Crippen LogP contribution in [-0.4, -0.2) is 99.8 Å². The van der Waals surface area contributed by atoms with Gasteiger partial charge in [-0.2, -0.15) is 0 Å². The number of ether oxygens (including phenoxy) is 1. The standard InChI is InChI=1S/C28H32F2N8O6/c1-16(2)10-21(33-24(39)22-15-37-5-3-4-31-26(37)34-22)25(40)36-8-6-35(7-9-36)23-19(29)11-17(12-20(23)30)38-14-18(44-28(38)43)13-32-27(41)42/h3-5,11-12,15-16,18,21,32H,6-10,13-14H2,1-2H3,(H,33,39)(H,41,42)/t18-,21-/m0/s1. The first kappa shape index (κ1) is 30.4. The first-order chi connectivity index (χ1) is 21.0. The number of carboxylic acid groups (broad SMARTS) is 1. The molecule has 3 N–H and O–H groups in total. The van der Waals surface area contributed by atoms with Crippen LogP contribution in [0.3, 0.4) is 0 Å². The number of carbonyl (C=O) groups excluding carboxylic acids is 3. The van der Waals surface area contributed by atoms with Crippen LogP contribution in [0, 0.1) is 17.6 Å². The van der Waals surface area contributed by atoms with Crippen molar-refractivity contribution in [3.63, 3.8) is 0 Å². The zero-order valence-electron chi connectivity index (χ0n) is 24.1. The lowest BCUT2D eigenvalue weighted by Gasteiger charge is -2.38. The van der Waals surface area contributed by atoms with E-state index in [0.29, 0.717) is 12.2 Å². The Labute approximate surface area is 250 Å². The van der Waals surface area contributed by atoms with E-state index in [-0.39, 0.29) is 68.2 Å². The maximum atomic E-state index is 15.2. The molecule has 2 aromatic heterocycles. The van der Waals surface area contributed by atoms with Crippen molar-refractivity contribution >= 4 is 41.2 Å². The normalized spacial score (nSPS) is 17.6. The van der Waals surface area contributed by atoms with Crippen molar-refractivity contribution in [2.24, 2.45) is 5.92 Å². The number of piperazine rings is 1. The van der Waals surface area contributed by atoms with Gasteiger partial charge in [0.2, 0.25) is 11.7 Å². The zero-order chi connectivity index (χ0) is 31.5. The highest BCUT2D eigenvalue weighted by atomic mass is 19.1. The second kappa shape index (κ2) is 12.7. The summed E-state index contributed by atoms with van der Waals surface area (Å²) in [5, 5.41) is 13.6. The van der Waals surface area contributed by atoms with E-state index in [9.17, 15) is 19.2 Å². The summed E-state index contributed by atoms with van der Waals surface area (Å²) < 4.78 is 37.2. The fraction of sp³-hybridized carbons (Fsp3) is 0.429. The molecule has 0 spiro atoms. The Kier molecular flexibility index (Phi) is 8.78. The number of cyclic esters (lactones) is 1. The average Bonchev–Trinajstić information content (AvgIpc) is 3.58. The molecule has 2 atom stereocenters. The van der Waals surface area contributed by atoms with Gasteiger partial charge in [0.15, 0.2) is 11.6 Å². The number of aromatic nitrogens is 3. The molecule has 0 saturated carbocycles. The van der Waals surface area contributed by atoms with Gasteiger partial charge in [-0.15, -0.1) is 0 Å². The van der Waals surface area contributed by atoms with Crippen molar-refractivity contribution in [2.75, 3.05) is 49.1 Å². The van der Waals surface area contributed by atoms with Crippen molar-refractivity contribution in [2.45, 2.75) is 32.4 Å². The number of rotatable bonds is 9. The number of amides is 4. The second-order valence-electron chi connectivity index (χ2n) is 11.0. The van der Waals surface area contributed by atoms with E-state index in [1.165, 1.54) is 11.1 Å². The Morgan fingerprint density at radius 3 is 2.48 bits per heavy atom. The average molecular weight is 615 g/mol. The first-order valence-electron chi connectivity index (χ1n) is 14.1. The predicted octanol–water partition coefficient (Wildman–Crippen LogP) is 2.09. The van der Waals surface area contributed by atoms with Crippen LogP contribution >= 0.6 is 0 Å². The lowest BCUT2D eigenvalue weighted by molar-refractivity contribution is -0.134. The Hall–Kier alpha value is -5.02. The van der Waals surface area contributed by atoms with Crippen LogP contribution in [0.15, 0.2) is 36.8 Å². The van der Waals surface area contributed by atoms with Gasteiger partial charge in [0.1, 0.15) is 23.5 Å². The SMILES string of the molecule is CC(C)C[C@H](NC(=O)c1cn2cccnc2n1)C(=O)N1CCN(c2c(F)cc(N3C[C@H](CNC(=O)O)OC3=O)cc2F)CC1. The number of benzene rings is 1. The highest BCUT2D eigenvalue weighted by Gasteiger charge is 2.35. The van der Waals surface area contributed by atoms with Gasteiger partial charge in [0.05, 0.1) is 18.8 Å². The van der Waals surface area contributed by atoms with Crippen LogP contribution in [0.5, 0.6) is 0 Å². The molecule has 0 unspecified atom stereocenters. The molecule has 2 fully saturated rings. The van der Waals surface area contributed by atoms with Gasteiger partial charge in [-0.05, 0) is 18.4 Å². The number of nitrogens with one attached hydrogen (secondary N) is 2. The largest absolute Gasteiger partial charge is 0.465 e. The van der Waals surface area contributed by atoms with Gasteiger partial charge >= 0.3 is 12.2 Å². The van der Waals surface area contributed by atoms with Gasteiger partial charge in [-0.1, -0.05) is 13.8 Å². The summed E-state index contributed by atoms with van der Waals surface area (Å²) in [4.78, 5) is 61.9. The van der Waals surface area contributed by atoms with Crippen molar-refractivity contribution in [3.05, 3.63) is 54.1 Å². The van der Waals surface area contributed by atoms with E-state index in [4.69, 9.17) is 9.84 Å². The molecule has 2 aliphatic rings. The van der Waals surface area contributed by atoms with Crippen molar-refractivity contribution < 1.29 is 37.8 Å². The van der Waals surface area contributed by atoms with Crippen molar-refractivity contribution in [1.82, 2.24) is 29.9 Å². The minimum Gasteiger partial charge on any atom is -0.465 e. The van der Waals surface area contributed by atoms with Crippen LogP contribution in [0.4, 0.5) is 29.7 Å². The Balaban J connectivity index is 1.22. The van der Waals surface area contributed by atoms with E-state index in [2.05, 4.69) is 20.6 Å². The maximum absolute atomic E-state index is 15.2. The molecule has 3 aromatic rings. The summed E-state index contributed by atoms with van der Waals surface area (Å²) in [5.41, 5.74) is -0.224. The van der Waals surface area contributed by atoms with Crippen LogP contribution in [0.25, 0.3) is 5.78 Å². The van der Waals surface area contributed by atoms with Crippen LogP contribution < -0.4 is 20.4 Å². The Bertz CT molecular complexity index is 1520. The van der Waals surface area contributed by atoms with Gasteiger partial charge in [0, 0.05) is 56.9 Å². The number of imidazole rings is 1. The van der Waals surface area contributed by atoms with Crippen molar-refractivity contribution in [1.29, 1.82) is 0 Å². The van der Waals surface area contributed by atoms with Gasteiger partial charge in [0.25, 0.3) is 5.91 Å². The zero-order valence-corrected chi connectivity index (χ0v) is 24.1. The molecule has 2 aliphatic heterocycles. The fourth-order valence-electron chi connectivity index (χ4n) is 5.29. The van der Waals surface area contributed by atoms with E-state index in [0.717, 1.165) is 17.0 Å². The molecule has 44 heavy (non-hydrogen) atoms. The molecule has 0 radical (unpaired) electrons. The Morgan fingerprint density at radius 2 is 1.84 bits per heavy atom. The number of hydrogen-bond acceptors (Lipinski definition) is 8. The third-order valence-electron chi connectivity index (χ3n) is 7.35. The van der Waals surface area contributed by atoms with Gasteiger partial charge in [-0.3, -0.25) is 18.9 Å². The summed E-state index contributed by atoms with van der Waals surface area (Å²) in [5.74, 6) is -2.16. The van der Waals surface area contributed by atoms with Crippen LogP contribution in [-0.2, 0) is 9.53 Å². The van der Waals surface area contributed by atoms with Crippen LogP contribution in [0.1, 0.15) is 30.8 Å². The number of anilines is 2. The molecule has 4 heterocycles. The molecular weight excluding hydrogens is 582 g/mol. The van der Waals surface area contributed by atoms with E-state index >= 15 is 8.78 Å². The third-order valence-corrected chi connectivity index (χ3v) is 7.35. The summed E-state index contributed by atoms with van der Waals surface area (Å²) in [6.07, 6.45) is 2.24. The Morgan fingerprint density at radius 1 is 1.14 bits per heavy atom. The minimum atomic E-state index is -1.29. The monoisotopic (exact) mass is 614 g/mol. The second-order valence-corrected chi connectivity index (χ2v) is 11.0. The predicted molar refractivity (Wildman–Crippen MR) is 152 cm³/mol. The quantitative estimate of drug-likeness (QED) is 0.328. The summed E-state index contributed by atoms with van der Waals surface area (Å²) in [7, 11) is 0. The molecule has 14 nitrogen and oxygen atoms in total. The summed E-state index contributed by atoms with van der Waals surface area (Å²) in [6.45, 7) is 4.22. The highest BCUT2D eigenvalue weighted by Crippen LogP contribution is 2.31. The number of nitrogens with zero attached hydrogens (tertiary/aromatic N) is 6. The summed E-state index contributed by atoms with van der Waals surface area (Å²) in [6, 6.07) is 2.92. The van der Waals surface area contributed by atoms with E-state index < -0.39 is 41.9 Å². The van der Waals surface area contributed by atoms with Gasteiger partial charge in [-0.25, -0.2) is 28.3 Å². The number of fused-ring (bicyclic) bond motifs is 1. The molecule has 4 amide bonds. The van der Waals surface area contributed by atoms with Crippen molar-refractivity contribution in [3.8, 4) is 0 Å². The highest BCUT2D eigenvalue weighted by molar-refractivity contribution is 5.96. The smallest absolute Gasteiger partial charge is 0.414 e. The number of halogens is 2. The van der Waals surface area contributed by atoms with Crippen LogP contribution in [0.2, 0.25) is 0 Å². The molecule has 1 aromatic carbocycles. The fourth-order valence-corrected chi connectivity index (χ4v) is 5.29. The molecule has 234 valence electrons. The molecular formula is C28H32F2N8O6. The third kappa shape index (κ3) is 6.63. The van der Waals surface area contributed by atoms with E-state index in [1.54, 1.807) is 27.8 Å².